The molecule has 1 aromatic heterocycles. The number of carbonyl (C=O) groups is 2. The molecule has 0 bridgehead atoms. The Kier molecular flexibility index (Phi) is 5.81. The minimum atomic E-state index is -0.351. The molecule has 1 saturated heterocycles. The standard InChI is InChI=1S/C19H24N4O5/c1-12-20-18(28-21-12)17-5-6-22(7-8-23(17)13(2)24)19(25)14-9-15(26-3)11-16(10-14)27-4/h9-11,17H,5-8H2,1-4H3. The summed E-state index contributed by atoms with van der Waals surface area (Å²) < 4.78 is 15.8. The van der Waals surface area contributed by atoms with Gasteiger partial charge >= 0.3 is 0 Å². The van der Waals surface area contributed by atoms with E-state index in [1.807, 2.05) is 0 Å². The lowest BCUT2D eigenvalue weighted by Crippen LogP contribution is -2.37. The summed E-state index contributed by atoms with van der Waals surface area (Å²) in [5.74, 6) is 1.75. The van der Waals surface area contributed by atoms with Crippen molar-refractivity contribution in [2.75, 3.05) is 33.9 Å². The van der Waals surface area contributed by atoms with Crippen LogP contribution < -0.4 is 9.47 Å². The molecule has 9 nitrogen and oxygen atoms in total. The van der Waals surface area contributed by atoms with Crippen LogP contribution in [0.1, 0.15) is 41.5 Å². The first-order valence-corrected chi connectivity index (χ1v) is 9.02. The van der Waals surface area contributed by atoms with Crippen molar-refractivity contribution in [2.24, 2.45) is 0 Å². The Labute approximate surface area is 163 Å². The molecular weight excluding hydrogens is 364 g/mol. The molecule has 1 aliphatic heterocycles. The molecule has 1 unspecified atom stereocenters. The molecule has 0 aliphatic carbocycles. The molecule has 28 heavy (non-hydrogen) atoms. The minimum Gasteiger partial charge on any atom is -0.497 e. The Hall–Kier alpha value is -3.10. The van der Waals surface area contributed by atoms with Crippen molar-refractivity contribution in [3.05, 3.63) is 35.5 Å². The predicted molar refractivity (Wildman–Crippen MR) is 99.2 cm³/mol. The molecule has 0 saturated carbocycles. The van der Waals surface area contributed by atoms with E-state index < -0.39 is 0 Å². The number of hydrogen-bond acceptors (Lipinski definition) is 7. The molecule has 9 heteroatoms. The highest BCUT2D eigenvalue weighted by Crippen LogP contribution is 2.28. The van der Waals surface area contributed by atoms with E-state index in [1.165, 1.54) is 21.1 Å². The average Bonchev–Trinajstić information content (AvgIpc) is 3.00. The first-order chi connectivity index (χ1) is 13.4. The first kappa shape index (κ1) is 19.7. The van der Waals surface area contributed by atoms with Crippen LogP contribution in [0.4, 0.5) is 0 Å². The molecule has 2 heterocycles. The van der Waals surface area contributed by atoms with Gasteiger partial charge in [-0.1, -0.05) is 5.16 Å². The van der Waals surface area contributed by atoms with Crippen LogP contribution in [0, 0.1) is 6.92 Å². The second kappa shape index (κ2) is 8.28. The van der Waals surface area contributed by atoms with Gasteiger partial charge in [-0.3, -0.25) is 9.59 Å². The van der Waals surface area contributed by atoms with E-state index in [0.717, 1.165) is 0 Å². The highest BCUT2D eigenvalue weighted by atomic mass is 16.5. The maximum absolute atomic E-state index is 13.1. The Morgan fingerprint density at radius 1 is 1.11 bits per heavy atom. The highest BCUT2D eigenvalue weighted by Gasteiger charge is 2.32. The summed E-state index contributed by atoms with van der Waals surface area (Å²) in [6.07, 6.45) is 0.508. The average molecular weight is 388 g/mol. The van der Waals surface area contributed by atoms with Crippen LogP contribution >= 0.6 is 0 Å². The van der Waals surface area contributed by atoms with Gasteiger partial charge in [0.15, 0.2) is 5.82 Å². The Morgan fingerprint density at radius 2 is 1.79 bits per heavy atom. The number of aryl methyl sites for hydroxylation is 1. The van der Waals surface area contributed by atoms with Gasteiger partial charge in [0.05, 0.1) is 14.2 Å². The van der Waals surface area contributed by atoms with Crippen molar-refractivity contribution < 1.29 is 23.6 Å². The summed E-state index contributed by atoms with van der Waals surface area (Å²) in [6, 6.07) is 4.72. The van der Waals surface area contributed by atoms with Gasteiger partial charge < -0.3 is 23.8 Å². The maximum Gasteiger partial charge on any atom is 0.254 e. The number of ether oxygens (including phenoxy) is 2. The summed E-state index contributed by atoms with van der Waals surface area (Å²) in [4.78, 5) is 32.9. The van der Waals surface area contributed by atoms with Crippen molar-refractivity contribution in [1.82, 2.24) is 19.9 Å². The number of benzene rings is 1. The SMILES string of the molecule is COc1cc(OC)cc(C(=O)N2CCC(c3nc(C)no3)N(C(C)=O)CC2)c1. The van der Waals surface area contributed by atoms with E-state index in [1.54, 1.807) is 34.9 Å². The van der Waals surface area contributed by atoms with Gasteiger partial charge in [-0.25, -0.2) is 0 Å². The molecule has 150 valence electrons. The zero-order chi connectivity index (χ0) is 20.3. The minimum absolute atomic E-state index is 0.0989. The van der Waals surface area contributed by atoms with Gasteiger partial charge in [0.2, 0.25) is 11.8 Å². The van der Waals surface area contributed by atoms with Crippen molar-refractivity contribution in [3.63, 3.8) is 0 Å². The molecule has 1 atom stereocenters. The number of nitrogens with zero attached hydrogens (tertiary/aromatic N) is 4. The van der Waals surface area contributed by atoms with Crippen LogP contribution in [-0.4, -0.2) is 65.6 Å². The molecule has 2 aromatic rings. The molecule has 0 N–H and O–H groups in total. The smallest absolute Gasteiger partial charge is 0.254 e. The third-order valence-corrected chi connectivity index (χ3v) is 4.78. The van der Waals surface area contributed by atoms with Crippen molar-refractivity contribution >= 4 is 11.8 Å². The van der Waals surface area contributed by atoms with Gasteiger partial charge in [0.25, 0.3) is 5.91 Å². The number of methoxy groups -OCH3 is 2. The summed E-state index contributed by atoms with van der Waals surface area (Å²) in [5, 5.41) is 3.82. The van der Waals surface area contributed by atoms with Crippen molar-refractivity contribution in [2.45, 2.75) is 26.3 Å². The quantitative estimate of drug-likeness (QED) is 0.788. The second-order valence-electron chi connectivity index (χ2n) is 6.59. The van der Waals surface area contributed by atoms with Crippen molar-refractivity contribution in [1.29, 1.82) is 0 Å². The zero-order valence-electron chi connectivity index (χ0n) is 16.5. The third-order valence-electron chi connectivity index (χ3n) is 4.78. The van der Waals surface area contributed by atoms with Crippen LogP contribution in [-0.2, 0) is 4.79 Å². The number of hydrogen-bond donors (Lipinski definition) is 0. The Bertz CT molecular complexity index is 844. The maximum atomic E-state index is 13.1. The molecule has 2 amide bonds. The van der Waals surface area contributed by atoms with E-state index in [9.17, 15) is 9.59 Å². The Morgan fingerprint density at radius 3 is 2.32 bits per heavy atom. The fourth-order valence-corrected chi connectivity index (χ4v) is 3.33. The van der Waals surface area contributed by atoms with Gasteiger partial charge in [0.1, 0.15) is 17.5 Å². The van der Waals surface area contributed by atoms with Crippen LogP contribution in [0.15, 0.2) is 22.7 Å². The number of carbonyl (C=O) groups excluding carboxylic acids is 2. The topological polar surface area (TPSA) is 98.0 Å². The summed E-state index contributed by atoms with van der Waals surface area (Å²) in [5.41, 5.74) is 0.470. The van der Waals surface area contributed by atoms with E-state index in [4.69, 9.17) is 14.0 Å². The largest absolute Gasteiger partial charge is 0.497 e. The van der Waals surface area contributed by atoms with Crippen LogP contribution in [0.25, 0.3) is 0 Å². The van der Waals surface area contributed by atoms with E-state index >= 15 is 0 Å². The lowest BCUT2D eigenvalue weighted by Gasteiger charge is -2.25. The summed E-state index contributed by atoms with van der Waals surface area (Å²) >= 11 is 0. The van der Waals surface area contributed by atoms with Gasteiger partial charge in [0, 0.05) is 38.2 Å². The molecule has 1 fully saturated rings. The third kappa shape index (κ3) is 4.08. The second-order valence-corrected chi connectivity index (χ2v) is 6.59. The fraction of sp³-hybridized carbons (Fsp3) is 0.474. The van der Waals surface area contributed by atoms with Crippen LogP contribution in [0.5, 0.6) is 11.5 Å². The molecule has 1 aliphatic rings. The normalized spacial score (nSPS) is 17.2. The lowest BCUT2D eigenvalue weighted by atomic mass is 10.1. The lowest BCUT2D eigenvalue weighted by molar-refractivity contribution is -0.131. The van der Waals surface area contributed by atoms with E-state index in [2.05, 4.69) is 10.1 Å². The van der Waals surface area contributed by atoms with E-state index in [0.29, 0.717) is 54.8 Å². The summed E-state index contributed by atoms with van der Waals surface area (Å²) in [6.45, 7) is 4.47. The zero-order valence-corrected chi connectivity index (χ0v) is 16.5. The number of rotatable bonds is 4. The highest BCUT2D eigenvalue weighted by molar-refractivity contribution is 5.95. The molecule has 1 aromatic carbocycles. The molecular formula is C19H24N4O5. The monoisotopic (exact) mass is 388 g/mol. The van der Waals surface area contributed by atoms with E-state index in [-0.39, 0.29) is 17.9 Å². The van der Waals surface area contributed by atoms with Gasteiger partial charge in [-0.15, -0.1) is 0 Å². The molecule has 0 radical (unpaired) electrons. The van der Waals surface area contributed by atoms with Crippen LogP contribution in [0.3, 0.4) is 0 Å². The van der Waals surface area contributed by atoms with Gasteiger partial charge in [-0.2, -0.15) is 4.98 Å². The Balaban J connectivity index is 1.83. The number of aromatic nitrogens is 2. The number of amides is 2. The summed E-state index contributed by atoms with van der Waals surface area (Å²) in [7, 11) is 3.08. The first-order valence-electron chi connectivity index (χ1n) is 9.02. The molecule has 3 rings (SSSR count). The van der Waals surface area contributed by atoms with Crippen LogP contribution in [0.2, 0.25) is 0 Å². The fourth-order valence-electron chi connectivity index (χ4n) is 3.33. The van der Waals surface area contributed by atoms with Crippen molar-refractivity contribution in [3.8, 4) is 11.5 Å². The molecule has 0 spiro atoms. The predicted octanol–water partition coefficient (Wildman–Crippen LogP) is 1.83. The van der Waals surface area contributed by atoms with Gasteiger partial charge in [-0.05, 0) is 25.5 Å².